The molecular weight excluding hydrogens is 366 g/mol. The van der Waals surface area contributed by atoms with Crippen LogP contribution in [0, 0.1) is 5.82 Å². The number of benzene rings is 2. The molecule has 2 aromatic carbocycles. The molecule has 154 valence electrons. The Bertz CT molecular complexity index is 841. The number of hydrogen-bond acceptors (Lipinski definition) is 1. The average molecular weight is 397 g/mol. The number of aryl methyl sites for hydroxylation is 1. The summed E-state index contributed by atoms with van der Waals surface area (Å²) in [6.45, 7) is 3.56. The number of rotatable bonds is 10. The lowest BCUT2D eigenvalue weighted by Gasteiger charge is -2.23. The van der Waals surface area contributed by atoms with E-state index in [1.807, 2.05) is 44.2 Å². The Morgan fingerprint density at radius 3 is 2.55 bits per heavy atom. The Morgan fingerprint density at radius 1 is 1.10 bits per heavy atom. The van der Waals surface area contributed by atoms with E-state index in [1.165, 1.54) is 17.7 Å². The van der Waals surface area contributed by atoms with Crippen molar-refractivity contribution < 1.29 is 8.78 Å². The largest absolute Gasteiger partial charge is 0.387 e. The molecule has 2 N–H and O–H groups in total. The molecule has 2 atom stereocenters. The summed E-state index contributed by atoms with van der Waals surface area (Å²) in [6, 6.07) is 16.6. The van der Waals surface area contributed by atoms with Crippen LogP contribution in [0.25, 0.3) is 0 Å². The van der Waals surface area contributed by atoms with Crippen LogP contribution in [-0.2, 0) is 6.42 Å². The number of nitrogens with two attached hydrogens (primary N) is 1. The molecule has 2 rings (SSSR count). The van der Waals surface area contributed by atoms with E-state index in [2.05, 4.69) is 12.1 Å². The minimum absolute atomic E-state index is 0.0395. The van der Waals surface area contributed by atoms with Gasteiger partial charge in [0.2, 0.25) is 0 Å². The Kier molecular flexibility index (Phi) is 9.29. The standard InChI is InChI=1S/C25H30F2N2/c1-19(10-5-4-8-17-26)25(20(2)22-13-9-14-23(27)18-22)29-24(28)16-15-21-11-6-3-7-12-21/h3-4,6-14,18,20,25H,5,15-17H2,1-2H3,(H2,28,29)/b8-4-,19-10+/t20-,25+/m0/s1. The van der Waals surface area contributed by atoms with Crippen LogP contribution in [0.4, 0.5) is 8.78 Å². The van der Waals surface area contributed by atoms with Gasteiger partial charge in [-0.05, 0) is 43.0 Å². The number of aliphatic imine (C=N–C) groups is 1. The molecule has 29 heavy (non-hydrogen) atoms. The summed E-state index contributed by atoms with van der Waals surface area (Å²) in [4.78, 5) is 4.80. The quantitative estimate of drug-likeness (QED) is 0.292. The van der Waals surface area contributed by atoms with Gasteiger partial charge in [0.15, 0.2) is 0 Å². The van der Waals surface area contributed by atoms with Gasteiger partial charge < -0.3 is 5.73 Å². The van der Waals surface area contributed by atoms with Crippen molar-refractivity contribution in [2.45, 2.75) is 45.1 Å². The molecule has 0 aromatic heterocycles. The topological polar surface area (TPSA) is 38.4 Å². The van der Waals surface area contributed by atoms with Crippen LogP contribution in [0.5, 0.6) is 0 Å². The van der Waals surface area contributed by atoms with E-state index in [0.29, 0.717) is 18.7 Å². The third-order valence-corrected chi connectivity index (χ3v) is 4.96. The second kappa shape index (κ2) is 11.9. The summed E-state index contributed by atoms with van der Waals surface area (Å²) >= 11 is 0. The van der Waals surface area contributed by atoms with Gasteiger partial charge in [-0.15, -0.1) is 0 Å². The fourth-order valence-electron chi connectivity index (χ4n) is 3.27. The minimum Gasteiger partial charge on any atom is -0.387 e. The van der Waals surface area contributed by atoms with Crippen LogP contribution < -0.4 is 5.73 Å². The maximum atomic E-state index is 13.7. The van der Waals surface area contributed by atoms with Gasteiger partial charge in [0.1, 0.15) is 12.5 Å². The predicted octanol–water partition coefficient (Wildman–Crippen LogP) is 6.15. The fraction of sp³-hybridized carbons (Fsp3) is 0.320. The maximum Gasteiger partial charge on any atom is 0.123 e. The smallest absolute Gasteiger partial charge is 0.123 e. The molecule has 0 saturated carbocycles. The number of amidine groups is 1. The van der Waals surface area contributed by atoms with E-state index in [1.54, 1.807) is 18.2 Å². The third-order valence-electron chi connectivity index (χ3n) is 4.96. The molecule has 0 bridgehead atoms. The zero-order chi connectivity index (χ0) is 21.1. The SMILES string of the molecule is C/C(=C\C/C=C\CF)[C@@H](N=C(N)CCc1ccccc1)[C@@H](C)c1cccc(F)c1. The molecule has 0 radical (unpaired) electrons. The van der Waals surface area contributed by atoms with Crippen molar-refractivity contribution in [3.05, 3.63) is 95.3 Å². The van der Waals surface area contributed by atoms with Crippen LogP contribution in [0.3, 0.4) is 0 Å². The Hall–Kier alpha value is -2.75. The van der Waals surface area contributed by atoms with Gasteiger partial charge in [-0.3, -0.25) is 4.99 Å². The van der Waals surface area contributed by atoms with Gasteiger partial charge in [0, 0.05) is 12.3 Å². The number of hydrogen-bond donors (Lipinski definition) is 1. The Balaban J connectivity index is 2.21. The molecule has 0 spiro atoms. The normalized spacial score (nSPS) is 14.9. The number of halogens is 2. The Morgan fingerprint density at radius 2 is 1.86 bits per heavy atom. The van der Waals surface area contributed by atoms with Gasteiger partial charge in [-0.25, -0.2) is 8.78 Å². The average Bonchev–Trinajstić information content (AvgIpc) is 2.73. The number of nitrogens with zero attached hydrogens (tertiary/aromatic N) is 1. The van der Waals surface area contributed by atoms with Crippen molar-refractivity contribution in [1.82, 2.24) is 0 Å². The van der Waals surface area contributed by atoms with Crippen LogP contribution in [0.2, 0.25) is 0 Å². The van der Waals surface area contributed by atoms with Gasteiger partial charge in [0.05, 0.1) is 11.9 Å². The first-order chi connectivity index (χ1) is 14.0. The summed E-state index contributed by atoms with van der Waals surface area (Å²) in [7, 11) is 0. The summed E-state index contributed by atoms with van der Waals surface area (Å²) in [5.41, 5.74) is 9.39. The van der Waals surface area contributed by atoms with Crippen molar-refractivity contribution >= 4 is 5.84 Å². The zero-order valence-corrected chi connectivity index (χ0v) is 17.2. The predicted molar refractivity (Wildman–Crippen MR) is 118 cm³/mol. The van der Waals surface area contributed by atoms with E-state index in [4.69, 9.17) is 10.7 Å². The monoisotopic (exact) mass is 396 g/mol. The van der Waals surface area contributed by atoms with Crippen molar-refractivity contribution in [3.63, 3.8) is 0 Å². The number of alkyl halides is 1. The van der Waals surface area contributed by atoms with Crippen LogP contribution in [0.1, 0.15) is 43.7 Å². The van der Waals surface area contributed by atoms with Crippen LogP contribution in [0.15, 0.2) is 83.4 Å². The molecule has 2 nitrogen and oxygen atoms in total. The fourth-order valence-corrected chi connectivity index (χ4v) is 3.27. The lowest BCUT2D eigenvalue weighted by molar-refractivity contribution is 0.561. The molecule has 4 heteroatoms. The lowest BCUT2D eigenvalue weighted by atomic mass is 9.88. The van der Waals surface area contributed by atoms with E-state index in [0.717, 1.165) is 17.6 Å². The molecule has 0 aliphatic rings. The van der Waals surface area contributed by atoms with Crippen molar-refractivity contribution in [1.29, 1.82) is 0 Å². The van der Waals surface area contributed by atoms with Crippen LogP contribution in [-0.4, -0.2) is 18.6 Å². The highest BCUT2D eigenvalue weighted by molar-refractivity contribution is 5.81. The second-order valence-corrected chi connectivity index (χ2v) is 7.20. The molecule has 0 saturated heterocycles. The first kappa shape index (κ1) is 22.5. The molecular formula is C25H30F2N2. The summed E-state index contributed by atoms with van der Waals surface area (Å²) in [6.07, 6.45) is 7.41. The molecule has 0 heterocycles. The minimum atomic E-state index is -0.472. The maximum absolute atomic E-state index is 13.7. The first-order valence-corrected chi connectivity index (χ1v) is 10.0. The lowest BCUT2D eigenvalue weighted by Crippen LogP contribution is -2.22. The van der Waals surface area contributed by atoms with Gasteiger partial charge in [0.25, 0.3) is 0 Å². The molecule has 0 fully saturated rings. The zero-order valence-electron chi connectivity index (χ0n) is 17.2. The van der Waals surface area contributed by atoms with Crippen molar-refractivity contribution in [3.8, 4) is 0 Å². The molecule has 0 unspecified atom stereocenters. The van der Waals surface area contributed by atoms with E-state index < -0.39 is 6.67 Å². The highest BCUT2D eigenvalue weighted by Gasteiger charge is 2.21. The number of allylic oxidation sites excluding steroid dienone is 3. The summed E-state index contributed by atoms with van der Waals surface area (Å²) in [5, 5.41) is 0. The highest BCUT2D eigenvalue weighted by Crippen LogP contribution is 2.27. The van der Waals surface area contributed by atoms with Gasteiger partial charge >= 0.3 is 0 Å². The van der Waals surface area contributed by atoms with E-state index in [9.17, 15) is 8.78 Å². The molecule has 0 aliphatic heterocycles. The summed E-state index contributed by atoms with van der Waals surface area (Å²) in [5.74, 6) is 0.276. The van der Waals surface area contributed by atoms with E-state index in [-0.39, 0.29) is 17.8 Å². The van der Waals surface area contributed by atoms with Gasteiger partial charge in [-0.1, -0.05) is 73.2 Å². The van der Waals surface area contributed by atoms with Gasteiger partial charge in [-0.2, -0.15) is 0 Å². The molecule has 0 amide bonds. The van der Waals surface area contributed by atoms with Crippen molar-refractivity contribution in [2.75, 3.05) is 6.67 Å². The molecule has 2 aromatic rings. The van der Waals surface area contributed by atoms with E-state index >= 15 is 0 Å². The van der Waals surface area contributed by atoms with Crippen molar-refractivity contribution in [2.24, 2.45) is 10.7 Å². The third kappa shape index (κ3) is 7.65. The highest BCUT2D eigenvalue weighted by atomic mass is 19.1. The molecule has 0 aliphatic carbocycles. The van der Waals surface area contributed by atoms with Crippen LogP contribution >= 0.6 is 0 Å². The first-order valence-electron chi connectivity index (χ1n) is 10.0. The Labute approximate surface area is 172 Å². The second-order valence-electron chi connectivity index (χ2n) is 7.20. The summed E-state index contributed by atoms with van der Waals surface area (Å²) < 4.78 is 26.0.